The van der Waals surface area contributed by atoms with Gasteiger partial charge in [-0.15, -0.1) is 0 Å². The zero-order valence-corrected chi connectivity index (χ0v) is 20.0. The lowest BCUT2D eigenvalue weighted by Crippen LogP contribution is -2.07. The van der Waals surface area contributed by atoms with Crippen molar-refractivity contribution >= 4 is 38.4 Å². The van der Waals surface area contributed by atoms with Crippen LogP contribution in [0, 0.1) is 6.92 Å². The molecule has 0 fully saturated rings. The van der Waals surface area contributed by atoms with Gasteiger partial charge in [-0.1, -0.05) is 11.6 Å². The molecule has 4 rings (SSSR count). The van der Waals surface area contributed by atoms with Gasteiger partial charge in [0, 0.05) is 41.3 Å². The Kier molecular flexibility index (Phi) is 6.48. The lowest BCUT2D eigenvalue weighted by Gasteiger charge is -2.18. The molecule has 0 aliphatic carbocycles. The fourth-order valence-corrected chi connectivity index (χ4v) is 4.51. The van der Waals surface area contributed by atoms with Crippen molar-refractivity contribution in [3.8, 4) is 16.9 Å². The highest BCUT2D eigenvalue weighted by molar-refractivity contribution is 7.90. The second-order valence-corrected chi connectivity index (χ2v) is 10.0. The summed E-state index contributed by atoms with van der Waals surface area (Å²) >= 11 is 6.55. The number of anilines is 1. The van der Waals surface area contributed by atoms with Gasteiger partial charge in [-0.3, -0.25) is 4.98 Å². The molecule has 0 aliphatic rings. The molecule has 0 atom stereocenters. The van der Waals surface area contributed by atoms with Gasteiger partial charge in [0.1, 0.15) is 17.6 Å². The molecule has 0 saturated heterocycles. The molecular formula is C22H23ClN6O3S. The minimum atomic E-state index is -3.40. The van der Waals surface area contributed by atoms with Crippen molar-refractivity contribution in [2.75, 3.05) is 25.2 Å². The van der Waals surface area contributed by atoms with E-state index in [0.717, 1.165) is 34.9 Å². The number of benzene rings is 1. The monoisotopic (exact) mass is 486 g/mol. The minimum absolute atomic E-state index is 0.141. The zero-order valence-electron chi connectivity index (χ0n) is 18.4. The van der Waals surface area contributed by atoms with Crippen LogP contribution in [-0.2, 0) is 16.3 Å². The molecule has 0 spiro atoms. The van der Waals surface area contributed by atoms with Crippen LogP contribution >= 0.6 is 11.6 Å². The number of fused-ring (bicyclic) bond motifs is 1. The van der Waals surface area contributed by atoms with Gasteiger partial charge >= 0.3 is 0 Å². The molecule has 172 valence electrons. The first-order valence-corrected chi connectivity index (χ1v) is 12.5. The molecule has 9 nitrogen and oxygen atoms in total. The van der Waals surface area contributed by atoms with Crippen molar-refractivity contribution < 1.29 is 13.2 Å². The van der Waals surface area contributed by atoms with Crippen LogP contribution in [0.4, 0.5) is 5.82 Å². The number of rotatable bonds is 8. The molecule has 33 heavy (non-hydrogen) atoms. The minimum Gasteiger partial charge on any atom is -0.496 e. The second-order valence-electron chi connectivity index (χ2n) is 7.59. The van der Waals surface area contributed by atoms with Crippen molar-refractivity contribution in [1.82, 2.24) is 24.9 Å². The van der Waals surface area contributed by atoms with E-state index in [1.165, 1.54) is 12.5 Å². The summed E-state index contributed by atoms with van der Waals surface area (Å²) in [4.78, 5) is 19.8. The number of sulfone groups is 1. The van der Waals surface area contributed by atoms with Gasteiger partial charge in [0.25, 0.3) is 0 Å². The summed E-state index contributed by atoms with van der Waals surface area (Å²) in [6.45, 7) is 2.53. The second kappa shape index (κ2) is 9.32. The number of aromatic amines is 1. The predicted octanol–water partition coefficient (Wildman–Crippen LogP) is 3.83. The number of imidazole rings is 1. The molecule has 0 amide bonds. The largest absolute Gasteiger partial charge is 0.496 e. The zero-order chi connectivity index (χ0) is 23.6. The van der Waals surface area contributed by atoms with Crippen LogP contribution in [0.2, 0.25) is 5.02 Å². The normalized spacial score (nSPS) is 11.6. The van der Waals surface area contributed by atoms with E-state index in [4.69, 9.17) is 16.3 Å². The third kappa shape index (κ3) is 4.76. The van der Waals surface area contributed by atoms with Crippen LogP contribution in [0.1, 0.15) is 17.5 Å². The highest BCUT2D eigenvalue weighted by Gasteiger charge is 2.19. The first kappa shape index (κ1) is 22.9. The Morgan fingerprint density at radius 3 is 2.76 bits per heavy atom. The van der Waals surface area contributed by atoms with Gasteiger partial charge in [-0.25, -0.2) is 23.4 Å². The van der Waals surface area contributed by atoms with Crippen LogP contribution in [0.3, 0.4) is 0 Å². The van der Waals surface area contributed by atoms with Crippen LogP contribution in [0.15, 0.2) is 42.1 Å². The summed E-state index contributed by atoms with van der Waals surface area (Å²) in [5.41, 5.74) is 4.45. The third-order valence-electron chi connectivity index (χ3n) is 5.33. The molecule has 0 saturated carbocycles. The summed E-state index contributed by atoms with van der Waals surface area (Å²) < 4.78 is 29.8. The number of nitrogens with zero attached hydrogens (tertiary/aromatic N) is 4. The molecule has 3 aromatic heterocycles. The summed E-state index contributed by atoms with van der Waals surface area (Å²) in [7, 11) is -1.81. The number of ether oxygens (including phenoxy) is 1. The Morgan fingerprint density at radius 2 is 2.00 bits per heavy atom. The molecule has 0 aliphatic heterocycles. The Morgan fingerprint density at radius 1 is 1.18 bits per heavy atom. The molecule has 0 radical (unpaired) electrons. The predicted molar refractivity (Wildman–Crippen MR) is 128 cm³/mol. The molecule has 0 bridgehead atoms. The number of halogens is 1. The van der Waals surface area contributed by atoms with Gasteiger partial charge in [-0.2, -0.15) is 0 Å². The lowest BCUT2D eigenvalue weighted by molar-refractivity contribution is 0.410. The highest BCUT2D eigenvalue weighted by atomic mass is 35.5. The van der Waals surface area contributed by atoms with Gasteiger partial charge in [0.05, 0.1) is 18.3 Å². The van der Waals surface area contributed by atoms with Crippen molar-refractivity contribution in [3.63, 3.8) is 0 Å². The van der Waals surface area contributed by atoms with Gasteiger partial charge < -0.3 is 15.0 Å². The maximum absolute atomic E-state index is 12.0. The number of hydrogen-bond acceptors (Lipinski definition) is 8. The Labute approximate surface area is 196 Å². The Bertz CT molecular complexity index is 1420. The Balaban J connectivity index is 1.59. The van der Waals surface area contributed by atoms with E-state index in [0.29, 0.717) is 40.8 Å². The number of pyridine rings is 1. The van der Waals surface area contributed by atoms with E-state index < -0.39 is 9.84 Å². The van der Waals surface area contributed by atoms with E-state index in [1.54, 1.807) is 25.7 Å². The highest BCUT2D eigenvalue weighted by Crippen LogP contribution is 2.40. The quantitative estimate of drug-likeness (QED) is 0.360. The van der Waals surface area contributed by atoms with E-state index in [9.17, 15) is 8.42 Å². The molecular weight excluding hydrogens is 464 g/mol. The van der Waals surface area contributed by atoms with E-state index >= 15 is 0 Å². The summed E-state index contributed by atoms with van der Waals surface area (Å²) in [6, 6.07) is 3.49. The maximum atomic E-state index is 12.0. The van der Waals surface area contributed by atoms with Crippen LogP contribution in [0.25, 0.3) is 22.3 Å². The molecule has 1 aromatic carbocycles. The number of aryl methyl sites for hydroxylation is 1. The van der Waals surface area contributed by atoms with E-state index in [1.807, 2.05) is 13.0 Å². The fraction of sp³-hybridized carbons (Fsp3) is 0.273. The smallest absolute Gasteiger partial charge is 0.182 e. The summed E-state index contributed by atoms with van der Waals surface area (Å²) in [5, 5.41) is 3.88. The molecule has 2 N–H and O–H groups in total. The first-order valence-electron chi connectivity index (χ1n) is 10.2. The summed E-state index contributed by atoms with van der Waals surface area (Å²) in [6.07, 6.45) is 8.62. The van der Waals surface area contributed by atoms with Crippen molar-refractivity contribution in [2.45, 2.75) is 24.7 Å². The van der Waals surface area contributed by atoms with Crippen LogP contribution in [-0.4, -0.2) is 53.2 Å². The fourth-order valence-electron chi connectivity index (χ4n) is 3.69. The lowest BCUT2D eigenvalue weighted by atomic mass is 9.95. The number of aromatic nitrogens is 5. The van der Waals surface area contributed by atoms with Crippen molar-refractivity contribution in [2.24, 2.45) is 0 Å². The number of nitrogens with one attached hydrogen (secondary N) is 2. The SMILES string of the molecule is COc1c(CCCNc2ncnc3nc[nH]c23)cc(Cl)c(C)c1-c1cncc(S(C)(=O)=O)c1. The summed E-state index contributed by atoms with van der Waals surface area (Å²) in [5.74, 6) is 1.35. The van der Waals surface area contributed by atoms with E-state index in [2.05, 4.69) is 30.2 Å². The van der Waals surface area contributed by atoms with Crippen LogP contribution in [0.5, 0.6) is 5.75 Å². The molecule has 3 heterocycles. The number of methoxy groups -OCH3 is 1. The van der Waals surface area contributed by atoms with E-state index in [-0.39, 0.29) is 4.90 Å². The first-order chi connectivity index (χ1) is 15.8. The molecule has 11 heteroatoms. The topological polar surface area (TPSA) is 123 Å². The number of H-pyrrole nitrogens is 1. The molecule has 0 unspecified atom stereocenters. The van der Waals surface area contributed by atoms with Gasteiger partial charge in [0.15, 0.2) is 21.3 Å². The van der Waals surface area contributed by atoms with Crippen molar-refractivity contribution in [3.05, 3.63) is 53.3 Å². The number of hydrogen-bond donors (Lipinski definition) is 2. The average Bonchev–Trinajstić information content (AvgIpc) is 3.28. The van der Waals surface area contributed by atoms with Crippen molar-refractivity contribution in [1.29, 1.82) is 0 Å². The standard InChI is InChI=1S/C22H23ClN6O3S/c1-13-17(23)8-14(5-4-6-25-21-19-22(27-11-26-19)29-12-28-21)20(32-2)18(13)15-7-16(10-24-9-15)33(3,30)31/h7-12H,4-6H2,1-3H3,(H2,25,26,27,28,29). The van der Waals surface area contributed by atoms with Crippen LogP contribution < -0.4 is 10.1 Å². The maximum Gasteiger partial charge on any atom is 0.182 e. The Hall–Kier alpha value is -3.24. The average molecular weight is 487 g/mol. The van der Waals surface area contributed by atoms with Gasteiger partial charge in [0.2, 0.25) is 0 Å². The third-order valence-corrected chi connectivity index (χ3v) is 6.80. The van der Waals surface area contributed by atoms with Gasteiger partial charge in [-0.05, 0) is 43.0 Å². The molecule has 4 aromatic rings.